The summed E-state index contributed by atoms with van der Waals surface area (Å²) in [5.41, 5.74) is 0. The Kier molecular flexibility index (Phi) is 5.71. The number of pyridine rings is 1. The third-order valence-electron chi connectivity index (χ3n) is 2.85. The molecule has 7 heteroatoms. The number of rotatable bonds is 7. The molecule has 0 radical (unpaired) electrons. The van der Waals surface area contributed by atoms with Crippen molar-refractivity contribution in [2.24, 2.45) is 0 Å². The lowest BCUT2D eigenvalue weighted by atomic mass is 10.3. The van der Waals surface area contributed by atoms with Gasteiger partial charge in [0.2, 0.25) is 10.0 Å². The quantitative estimate of drug-likeness (QED) is 0.773. The molecule has 1 aromatic rings. The lowest BCUT2D eigenvalue weighted by Gasteiger charge is -2.19. The minimum absolute atomic E-state index is 0.128. The van der Waals surface area contributed by atoms with Gasteiger partial charge in [0.15, 0.2) is 0 Å². The lowest BCUT2D eigenvalue weighted by molar-refractivity contribution is 0.314. The number of hydrogen-bond acceptors (Lipinski definition) is 5. The first-order valence-corrected chi connectivity index (χ1v) is 7.71. The summed E-state index contributed by atoms with van der Waals surface area (Å²) in [5, 5.41) is 3.02. The Morgan fingerprint density at radius 3 is 2.53 bits per heavy atom. The zero-order valence-electron chi connectivity index (χ0n) is 11.8. The van der Waals surface area contributed by atoms with Crippen molar-refractivity contribution in [2.75, 3.05) is 32.5 Å². The first-order chi connectivity index (χ1) is 8.86. The second kappa shape index (κ2) is 6.83. The van der Waals surface area contributed by atoms with Crippen LogP contribution in [-0.4, -0.2) is 51.5 Å². The van der Waals surface area contributed by atoms with Gasteiger partial charge in [0.05, 0.1) is 0 Å². The molecule has 1 aromatic heterocycles. The van der Waals surface area contributed by atoms with Crippen molar-refractivity contribution in [3.63, 3.8) is 0 Å². The Morgan fingerprint density at radius 2 is 2.05 bits per heavy atom. The number of anilines is 1. The number of sulfonamides is 1. The fraction of sp³-hybridized carbons (Fsp3) is 0.583. The van der Waals surface area contributed by atoms with Crippen molar-refractivity contribution in [1.29, 1.82) is 0 Å². The third kappa shape index (κ3) is 4.77. The second-order valence-electron chi connectivity index (χ2n) is 4.57. The molecule has 2 N–H and O–H groups in total. The summed E-state index contributed by atoms with van der Waals surface area (Å²) in [6, 6.07) is 3.34. The van der Waals surface area contributed by atoms with Gasteiger partial charge in [0.1, 0.15) is 10.7 Å². The van der Waals surface area contributed by atoms with Crippen molar-refractivity contribution in [3.8, 4) is 0 Å². The summed E-state index contributed by atoms with van der Waals surface area (Å²) in [6.07, 6.45) is 1.36. The van der Waals surface area contributed by atoms with Gasteiger partial charge < -0.3 is 10.2 Å². The van der Waals surface area contributed by atoms with E-state index >= 15 is 0 Å². The van der Waals surface area contributed by atoms with Gasteiger partial charge in [-0.15, -0.1) is 0 Å². The van der Waals surface area contributed by atoms with Crippen LogP contribution in [0.1, 0.15) is 13.8 Å². The monoisotopic (exact) mass is 286 g/mol. The Hall–Kier alpha value is -1.18. The summed E-state index contributed by atoms with van der Waals surface area (Å²) >= 11 is 0. The van der Waals surface area contributed by atoms with Crippen LogP contribution in [0.5, 0.6) is 0 Å². The minimum atomic E-state index is -3.49. The van der Waals surface area contributed by atoms with Gasteiger partial charge in [-0.3, -0.25) is 0 Å². The van der Waals surface area contributed by atoms with Gasteiger partial charge in [0.25, 0.3) is 0 Å². The van der Waals surface area contributed by atoms with E-state index in [0.717, 1.165) is 6.54 Å². The van der Waals surface area contributed by atoms with E-state index in [9.17, 15) is 8.42 Å². The molecule has 0 aliphatic carbocycles. The molecule has 1 unspecified atom stereocenters. The summed E-state index contributed by atoms with van der Waals surface area (Å²) in [5.74, 6) is 0.670. The second-order valence-corrected chi connectivity index (χ2v) is 6.34. The standard InChI is InChI=1S/C12H22N4O2S/c1-5-13-12-7-6-11(9-14-12)19(17,18)15-8-10(2)16(3)4/h6-7,9-10,15H,5,8H2,1-4H3,(H,13,14). The molecular formula is C12H22N4O2S. The number of likely N-dealkylation sites (N-methyl/N-ethyl adjacent to an activating group) is 1. The Morgan fingerprint density at radius 1 is 1.37 bits per heavy atom. The molecule has 19 heavy (non-hydrogen) atoms. The van der Waals surface area contributed by atoms with E-state index in [2.05, 4.69) is 15.0 Å². The Balaban J connectivity index is 2.71. The van der Waals surface area contributed by atoms with Crippen molar-refractivity contribution in [2.45, 2.75) is 24.8 Å². The molecule has 0 aromatic carbocycles. The molecule has 6 nitrogen and oxygen atoms in total. The molecule has 1 rings (SSSR count). The van der Waals surface area contributed by atoms with Gasteiger partial charge in [-0.05, 0) is 40.1 Å². The largest absolute Gasteiger partial charge is 0.370 e. The predicted molar refractivity (Wildman–Crippen MR) is 76.7 cm³/mol. The molecule has 0 spiro atoms. The smallest absolute Gasteiger partial charge is 0.242 e. The van der Waals surface area contributed by atoms with E-state index in [1.165, 1.54) is 6.20 Å². The highest BCUT2D eigenvalue weighted by molar-refractivity contribution is 7.89. The molecular weight excluding hydrogens is 264 g/mol. The molecule has 0 aliphatic rings. The van der Waals surface area contributed by atoms with E-state index in [0.29, 0.717) is 12.4 Å². The van der Waals surface area contributed by atoms with Gasteiger partial charge >= 0.3 is 0 Å². The van der Waals surface area contributed by atoms with Gasteiger partial charge in [0, 0.05) is 25.3 Å². The molecule has 0 saturated heterocycles. The SMILES string of the molecule is CCNc1ccc(S(=O)(=O)NCC(C)N(C)C)cn1. The maximum Gasteiger partial charge on any atom is 0.242 e. The van der Waals surface area contributed by atoms with Crippen LogP contribution in [0.15, 0.2) is 23.2 Å². The van der Waals surface area contributed by atoms with Crippen LogP contribution in [0.25, 0.3) is 0 Å². The highest BCUT2D eigenvalue weighted by Gasteiger charge is 2.16. The first-order valence-electron chi connectivity index (χ1n) is 6.23. The molecule has 0 fully saturated rings. The molecule has 1 heterocycles. The third-order valence-corrected chi connectivity index (χ3v) is 4.26. The van der Waals surface area contributed by atoms with E-state index in [1.807, 2.05) is 32.8 Å². The average Bonchev–Trinajstić information content (AvgIpc) is 2.37. The maximum atomic E-state index is 12.0. The maximum absolute atomic E-state index is 12.0. The topological polar surface area (TPSA) is 74.3 Å². The van der Waals surface area contributed by atoms with Crippen molar-refractivity contribution >= 4 is 15.8 Å². The predicted octanol–water partition coefficient (Wildman–Crippen LogP) is 0.742. The Bertz CT molecular complexity index is 485. The molecule has 0 aliphatic heterocycles. The van der Waals surface area contributed by atoms with E-state index in [4.69, 9.17) is 0 Å². The van der Waals surface area contributed by atoms with Crippen molar-refractivity contribution in [1.82, 2.24) is 14.6 Å². The van der Waals surface area contributed by atoms with Crippen LogP contribution in [0.3, 0.4) is 0 Å². The van der Waals surface area contributed by atoms with Gasteiger partial charge in [-0.1, -0.05) is 0 Å². The molecule has 0 saturated carbocycles. The van der Waals surface area contributed by atoms with E-state index in [1.54, 1.807) is 12.1 Å². The number of nitrogens with one attached hydrogen (secondary N) is 2. The summed E-state index contributed by atoms with van der Waals surface area (Å²) in [4.78, 5) is 6.19. The number of aromatic nitrogens is 1. The summed E-state index contributed by atoms with van der Waals surface area (Å²) in [6.45, 7) is 5.02. The lowest BCUT2D eigenvalue weighted by Crippen LogP contribution is -2.38. The number of hydrogen-bond donors (Lipinski definition) is 2. The number of nitrogens with zero attached hydrogens (tertiary/aromatic N) is 2. The fourth-order valence-corrected chi connectivity index (χ4v) is 2.39. The van der Waals surface area contributed by atoms with E-state index < -0.39 is 10.0 Å². The zero-order chi connectivity index (χ0) is 14.5. The van der Waals surface area contributed by atoms with Crippen molar-refractivity contribution < 1.29 is 8.42 Å². The van der Waals surface area contributed by atoms with Gasteiger partial charge in [-0.25, -0.2) is 18.1 Å². The molecule has 0 amide bonds. The van der Waals surface area contributed by atoms with E-state index in [-0.39, 0.29) is 10.9 Å². The fourth-order valence-electron chi connectivity index (χ4n) is 1.32. The highest BCUT2D eigenvalue weighted by atomic mass is 32.2. The normalized spacial score (nSPS) is 13.5. The minimum Gasteiger partial charge on any atom is -0.370 e. The Labute approximate surface area is 115 Å². The van der Waals surface area contributed by atoms with Crippen LogP contribution in [0, 0.1) is 0 Å². The highest BCUT2D eigenvalue weighted by Crippen LogP contribution is 2.10. The molecule has 108 valence electrons. The van der Waals surface area contributed by atoms with Crippen LogP contribution in [0.4, 0.5) is 5.82 Å². The van der Waals surface area contributed by atoms with Crippen LogP contribution >= 0.6 is 0 Å². The van der Waals surface area contributed by atoms with Crippen molar-refractivity contribution in [3.05, 3.63) is 18.3 Å². The zero-order valence-corrected chi connectivity index (χ0v) is 12.7. The summed E-state index contributed by atoms with van der Waals surface area (Å²) in [7, 11) is 0.329. The van der Waals surface area contributed by atoms with Crippen LogP contribution in [0.2, 0.25) is 0 Å². The van der Waals surface area contributed by atoms with Crippen LogP contribution in [-0.2, 0) is 10.0 Å². The molecule has 1 atom stereocenters. The van der Waals surface area contributed by atoms with Gasteiger partial charge in [-0.2, -0.15) is 0 Å². The summed E-state index contributed by atoms with van der Waals surface area (Å²) < 4.78 is 26.7. The molecule has 0 bridgehead atoms. The van der Waals surface area contributed by atoms with Crippen LogP contribution < -0.4 is 10.0 Å². The first kappa shape index (κ1) is 15.9. The average molecular weight is 286 g/mol.